The van der Waals surface area contributed by atoms with E-state index in [0.29, 0.717) is 11.1 Å². The van der Waals surface area contributed by atoms with E-state index in [-0.39, 0.29) is 11.4 Å². The molecule has 0 aliphatic heterocycles. The van der Waals surface area contributed by atoms with Gasteiger partial charge in [0.1, 0.15) is 17.8 Å². The largest absolute Gasteiger partial charge is 0.388 e. The molecule has 1 aromatic rings. The Morgan fingerprint density at radius 2 is 1.76 bits per heavy atom. The van der Waals surface area contributed by atoms with Crippen LogP contribution in [0.1, 0.15) is 11.1 Å². The molecule has 0 aliphatic rings. The lowest BCUT2D eigenvalue weighted by Crippen LogP contribution is -1.97. The van der Waals surface area contributed by atoms with Crippen LogP contribution in [0.2, 0.25) is 0 Å². The van der Waals surface area contributed by atoms with E-state index in [1.807, 2.05) is 6.07 Å². The summed E-state index contributed by atoms with van der Waals surface area (Å²) in [5.41, 5.74) is 6.17. The number of benzene rings is 1. The molecule has 0 radical (unpaired) electrons. The lowest BCUT2D eigenvalue weighted by molar-refractivity contribution is 1.27. The Hall–Kier alpha value is -3.10. The van der Waals surface area contributed by atoms with Crippen molar-refractivity contribution in [3.63, 3.8) is 0 Å². The zero-order chi connectivity index (χ0) is 12.7. The molecule has 0 bridgehead atoms. The number of aliphatic imine (C=N–C) groups is 1. The second-order valence-corrected chi connectivity index (χ2v) is 2.98. The molecule has 1 rings (SSSR count). The van der Waals surface area contributed by atoms with Gasteiger partial charge in [-0.15, -0.1) is 0 Å². The zero-order valence-electron chi connectivity index (χ0n) is 8.75. The number of hydrogen-bond donors (Lipinski definition) is 1. The topological polar surface area (TPSA) is 110 Å². The van der Waals surface area contributed by atoms with Crippen molar-refractivity contribution in [2.45, 2.75) is 0 Å². The van der Waals surface area contributed by atoms with Crippen LogP contribution in [0.15, 0.2) is 40.7 Å². The van der Waals surface area contributed by atoms with E-state index < -0.39 is 0 Å². The normalized spacial score (nSPS) is 11.1. The minimum absolute atomic E-state index is 0.128. The maximum absolute atomic E-state index is 8.69. The monoisotopic (exact) mass is 221 g/mol. The van der Waals surface area contributed by atoms with Crippen molar-refractivity contribution in [2.75, 3.05) is 0 Å². The number of nitrogens with zero attached hydrogens (tertiary/aromatic N) is 4. The highest BCUT2D eigenvalue weighted by atomic mass is 14.8. The quantitative estimate of drug-likeness (QED) is 0.597. The summed E-state index contributed by atoms with van der Waals surface area (Å²) in [5.74, 6) is 0. The van der Waals surface area contributed by atoms with Crippen molar-refractivity contribution >= 4 is 6.21 Å². The SMILES string of the molecule is N#CC(N)=C(C#N)N=Cc1ccc(C#N)cc1. The first-order chi connectivity index (χ1) is 8.21. The first-order valence-corrected chi connectivity index (χ1v) is 4.55. The molecule has 0 saturated carbocycles. The Balaban J connectivity index is 2.96. The van der Waals surface area contributed by atoms with Gasteiger partial charge in [0.25, 0.3) is 0 Å². The standard InChI is InChI=1S/C12H7N5/c13-5-9-1-3-10(4-2-9)8-17-12(7-15)11(16)6-14/h1-4,8H,16H2. The van der Waals surface area contributed by atoms with Crippen molar-refractivity contribution in [1.29, 1.82) is 15.8 Å². The van der Waals surface area contributed by atoms with Crippen molar-refractivity contribution in [3.8, 4) is 18.2 Å². The van der Waals surface area contributed by atoms with Gasteiger partial charge in [-0.2, -0.15) is 15.8 Å². The van der Waals surface area contributed by atoms with Gasteiger partial charge in [0.15, 0.2) is 5.70 Å². The van der Waals surface area contributed by atoms with Crippen molar-refractivity contribution in [3.05, 3.63) is 46.8 Å². The molecule has 0 saturated heterocycles. The summed E-state index contributed by atoms with van der Waals surface area (Å²) < 4.78 is 0. The Kier molecular flexibility index (Phi) is 4.02. The van der Waals surface area contributed by atoms with Crippen molar-refractivity contribution in [2.24, 2.45) is 10.7 Å². The fourth-order valence-electron chi connectivity index (χ4n) is 0.994. The molecule has 0 unspecified atom stereocenters. The van der Waals surface area contributed by atoms with Gasteiger partial charge in [-0.3, -0.25) is 0 Å². The Morgan fingerprint density at radius 3 is 2.24 bits per heavy atom. The maximum Gasteiger partial charge on any atom is 0.174 e. The van der Waals surface area contributed by atoms with Crippen LogP contribution in [0.4, 0.5) is 0 Å². The summed E-state index contributed by atoms with van der Waals surface area (Å²) in [6.07, 6.45) is 1.41. The molecule has 0 amide bonds. The summed E-state index contributed by atoms with van der Waals surface area (Å²) in [6.45, 7) is 0. The number of allylic oxidation sites excluding steroid dienone is 2. The van der Waals surface area contributed by atoms with Crippen LogP contribution in [-0.2, 0) is 0 Å². The highest BCUT2D eigenvalue weighted by Gasteiger charge is 1.98. The fourth-order valence-corrected chi connectivity index (χ4v) is 0.994. The van der Waals surface area contributed by atoms with E-state index in [1.54, 1.807) is 36.4 Å². The Labute approximate surface area is 98.3 Å². The van der Waals surface area contributed by atoms with Gasteiger partial charge >= 0.3 is 0 Å². The van der Waals surface area contributed by atoms with Crippen molar-refractivity contribution < 1.29 is 0 Å². The molecular formula is C12H7N5. The summed E-state index contributed by atoms with van der Waals surface area (Å²) in [7, 11) is 0. The minimum atomic E-state index is -0.225. The summed E-state index contributed by atoms with van der Waals surface area (Å²) in [4.78, 5) is 3.80. The van der Waals surface area contributed by atoms with Gasteiger partial charge in [-0.05, 0) is 17.7 Å². The highest BCUT2D eigenvalue weighted by Crippen LogP contribution is 2.03. The predicted octanol–water partition coefficient (Wildman–Crippen LogP) is 1.19. The summed E-state index contributed by atoms with van der Waals surface area (Å²) >= 11 is 0. The molecule has 0 atom stereocenters. The first-order valence-electron chi connectivity index (χ1n) is 4.55. The Bertz CT molecular complexity index is 588. The molecule has 1 aromatic carbocycles. The highest BCUT2D eigenvalue weighted by molar-refractivity contribution is 5.81. The smallest absolute Gasteiger partial charge is 0.174 e. The predicted molar refractivity (Wildman–Crippen MR) is 61.2 cm³/mol. The van der Waals surface area contributed by atoms with Gasteiger partial charge in [0.05, 0.1) is 11.6 Å². The molecule has 17 heavy (non-hydrogen) atoms. The second kappa shape index (κ2) is 5.70. The molecule has 80 valence electrons. The third-order valence-electron chi connectivity index (χ3n) is 1.86. The van der Waals surface area contributed by atoms with Gasteiger partial charge < -0.3 is 5.73 Å². The number of rotatable bonds is 2. The Morgan fingerprint density at radius 1 is 1.12 bits per heavy atom. The molecule has 5 heteroatoms. The molecule has 5 nitrogen and oxygen atoms in total. The van der Waals surface area contributed by atoms with E-state index >= 15 is 0 Å². The van der Waals surface area contributed by atoms with E-state index in [1.165, 1.54) is 6.21 Å². The third-order valence-corrected chi connectivity index (χ3v) is 1.86. The van der Waals surface area contributed by atoms with Gasteiger partial charge in [0.2, 0.25) is 0 Å². The van der Waals surface area contributed by atoms with Crippen LogP contribution in [0.5, 0.6) is 0 Å². The van der Waals surface area contributed by atoms with Crippen LogP contribution in [-0.4, -0.2) is 6.21 Å². The van der Waals surface area contributed by atoms with E-state index in [4.69, 9.17) is 21.5 Å². The van der Waals surface area contributed by atoms with Crippen LogP contribution < -0.4 is 5.73 Å². The summed E-state index contributed by atoms with van der Waals surface area (Å²) in [5, 5.41) is 25.8. The third kappa shape index (κ3) is 3.20. The summed E-state index contributed by atoms with van der Waals surface area (Å²) in [6, 6.07) is 12.0. The number of hydrogen-bond acceptors (Lipinski definition) is 5. The van der Waals surface area contributed by atoms with Crippen LogP contribution in [0, 0.1) is 34.0 Å². The van der Waals surface area contributed by atoms with E-state index in [0.717, 1.165) is 0 Å². The zero-order valence-corrected chi connectivity index (χ0v) is 8.75. The van der Waals surface area contributed by atoms with Crippen LogP contribution in [0.3, 0.4) is 0 Å². The lowest BCUT2D eigenvalue weighted by atomic mass is 10.2. The van der Waals surface area contributed by atoms with Gasteiger partial charge in [0, 0.05) is 6.21 Å². The van der Waals surface area contributed by atoms with E-state index in [9.17, 15) is 0 Å². The molecule has 0 spiro atoms. The molecule has 0 fully saturated rings. The van der Waals surface area contributed by atoms with Crippen molar-refractivity contribution in [1.82, 2.24) is 0 Å². The lowest BCUT2D eigenvalue weighted by Gasteiger charge is -1.93. The van der Waals surface area contributed by atoms with Gasteiger partial charge in [-0.1, -0.05) is 12.1 Å². The molecule has 2 N–H and O–H groups in total. The second-order valence-electron chi connectivity index (χ2n) is 2.98. The van der Waals surface area contributed by atoms with Crippen LogP contribution in [0.25, 0.3) is 0 Å². The first kappa shape index (κ1) is 12.0. The average molecular weight is 221 g/mol. The fraction of sp³-hybridized carbons (Fsp3) is 0. The number of nitrogens with two attached hydrogens (primary N) is 1. The molecule has 0 aromatic heterocycles. The number of nitriles is 3. The van der Waals surface area contributed by atoms with Gasteiger partial charge in [-0.25, -0.2) is 4.99 Å². The minimum Gasteiger partial charge on any atom is -0.388 e. The average Bonchev–Trinajstić information content (AvgIpc) is 2.39. The molecule has 0 aliphatic carbocycles. The van der Waals surface area contributed by atoms with E-state index in [2.05, 4.69) is 4.99 Å². The molecular weight excluding hydrogens is 214 g/mol. The van der Waals surface area contributed by atoms with Crippen LogP contribution >= 0.6 is 0 Å². The molecule has 0 heterocycles. The maximum atomic E-state index is 8.69.